The molecule has 1 amide bonds. The fourth-order valence-electron chi connectivity index (χ4n) is 3.50. The van der Waals surface area contributed by atoms with Crippen LogP contribution in [0.4, 0.5) is 4.79 Å². The van der Waals surface area contributed by atoms with Gasteiger partial charge in [-0.05, 0) is 30.2 Å². The lowest BCUT2D eigenvalue weighted by molar-refractivity contribution is 0.220. The molecule has 0 bridgehead atoms. The molecule has 0 saturated heterocycles. The Kier molecular flexibility index (Phi) is 4.90. The van der Waals surface area contributed by atoms with Gasteiger partial charge in [-0.1, -0.05) is 24.3 Å². The summed E-state index contributed by atoms with van der Waals surface area (Å²) in [6, 6.07) is 10.3. The van der Waals surface area contributed by atoms with Crippen LogP contribution >= 0.6 is 12.6 Å². The third kappa shape index (κ3) is 3.07. The van der Waals surface area contributed by atoms with Crippen molar-refractivity contribution in [3.63, 3.8) is 0 Å². The highest BCUT2D eigenvalue weighted by molar-refractivity contribution is 7.80. The predicted molar refractivity (Wildman–Crippen MR) is 117 cm³/mol. The van der Waals surface area contributed by atoms with E-state index in [1.54, 1.807) is 30.9 Å². The first-order chi connectivity index (χ1) is 14.3. The van der Waals surface area contributed by atoms with Crippen molar-refractivity contribution in [1.82, 2.24) is 24.5 Å². The SMILES string of the molecule is CCc1cc(-n2nnc(S)c2-c2cccc3c2ccn3C(=O)N(C)C)c(O)cc1O. The Morgan fingerprint density at radius 2 is 1.93 bits per heavy atom. The monoisotopic (exact) mass is 423 g/mol. The van der Waals surface area contributed by atoms with Crippen molar-refractivity contribution >= 4 is 29.6 Å². The molecule has 2 aromatic heterocycles. The molecule has 0 unspecified atom stereocenters. The van der Waals surface area contributed by atoms with Gasteiger partial charge in [-0.3, -0.25) is 4.57 Å². The van der Waals surface area contributed by atoms with Gasteiger partial charge in [0.25, 0.3) is 0 Å². The Morgan fingerprint density at radius 3 is 2.63 bits per heavy atom. The number of aromatic nitrogens is 4. The van der Waals surface area contributed by atoms with Gasteiger partial charge in [-0.25, -0.2) is 9.48 Å². The second kappa shape index (κ2) is 7.42. The lowest BCUT2D eigenvalue weighted by Crippen LogP contribution is -2.26. The zero-order valence-electron chi connectivity index (χ0n) is 16.7. The number of rotatable bonds is 3. The molecule has 9 heteroatoms. The molecule has 0 aliphatic carbocycles. The minimum Gasteiger partial charge on any atom is -0.508 e. The number of phenolic OH excluding ortho intramolecular Hbond substituents is 2. The molecule has 4 aromatic rings. The summed E-state index contributed by atoms with van der Waals surface area (Å²) in [5, 5.41) is 30.0. The zero-order valence-corrected chi connectivity index (χ0v) is 17.6. The van der Waals surface area contributed by atoms with E-state index < -0.39 is 0 Å². The number of nitrogens with zero attached hydrogens (tertiary/aromatic N) is 5. The number of phenols is 2. The molecule has 2 heterocycles. The number of carbonyl (C=O) groups excluding carboxylic acids is 1. The molecule has 0 aliphatic rings. The van der Waals surface area contributed by atoms with E-state index >= 15 is 0 Å². The third-order valence-corrected chi connectivity index (χ3v) is 5.32. The molecule has 2 N–H and O–H groups in total. The highest BCUT2D eigenvalue weighted by Crippen LogP contribution is 2.37. The maximum atomic E-state index is 12.5. The van der Waals surface area contributed by atoms with E-state index in [-0.39, 0.29) is 17.5 Å². The number of aromatic hydroxyl groups is 2. The van der Waals surface area contributed by atoms with Gasteiger partial charge >= 0.3 is 6.03 Å². The van der Waals surface area contributed by atoms with Gasteiger partial charge in [0, 0.05) is 37.3 Å². The number of thiol groups is 1. The molecule has 0 saturated carbocycles. The minimum absolute atomic E-state index is 0.0212. The van der Waals surface area contributed by atoms with Gasteiger partial charge in [0.2, 0.25) is 0 Å². The number of amides is 1. The van der Waals surface area contributed by atoms with Crippen molar-refractivity contribution in [2.24, 2.45) is 0 Å². The van der Waals surface area contributed by atoms with E-state index in [0.717, 1.165) is 16.5 Å². The van der Waals surface area contributed by atoms with Crippen molar-refractivity contribution in [2.75, 3.05) is 14.1 Å². The number of hydrogen-bond acceptors (Lipinski definition) is 6. The van der Waals surface area contributed by atoms with Crippen molar-refractivity contribution in [3.05, 3.63) is 48.2 Å². The first-order valence-electron chi connectivity index (χ1n) is 9.35. The Labute approximate surface area is 178 Å². The Bertz CT molecular complexity index is 1280. The summed E-state index contributed by atoms with van der Waals surface area (Å²) in [6.45, 7) is 1.91. The highest BCUT2D eigenvalue weighted by Gasteiger charge is 2.21. The molecule has 2 aromatic carbocycles. The fourth-order valence-corrected chi connectivity index (χ4v) is 3.75. The minimum atomic E-state index is -0.163. The van der Waals surface area contributed by atoms with Crippen LogP contribution in [-0.2, 0) is 6.42 Å². The molecule has 154 valence electrons. The Hall–Kier alpha value is -3.46. The van der Waals surface area contributed by atoms with E-state index in [0.29, 0.717) is 28.4 Å². The number of hydrogen-bond donors (Lipinski definition) is 3. The van der Waals surface area contributed by atoms with Crippen molar-refractivity contribution in [1.29, 1.82) is 0 Å². The van der Waals surface area contributed by atoms with Crippen molar-refractivity contribution in [3.8, 4) is 28.4 Å². The molecule has 0 fully saturated rings. The van der Waals surface area contributed by atoms with E-state index in [1.807, 2.05) is 31.2 Å². The average Bonchev–Trinajstić information content (AvgIpc) is 3.31. The summed E-state index contributed by atoms with van der Waals surface area (Å²) in [7, 11) is 3.39. The molecule has 0 radical (unpaired) electrons. The van der Waals surface area contributed by atoms with Gasteiger partial charge in [-0.2, -0.15) is 0 Å². The second-order valence-electron chi connectivity index (χ2n) is 7.10. The predicted octanol–water partition coefficient (Wildman–Crippen LogP) is 3.68. The lowest BCUT2D eigenvalue weighted by Gasteiger charge is -2.13. The van der Waals surface area contributed by atoms with Crippen molar-refractivity contribution in [2.45, 2.75) is 18.4 Å². The normalized spacial score (nSPS) is 11.2. The second-order valence-corrected chi connectivity index (χ2v) is 7.52. The maximum absolute atomic E-state index is 12.5. The standard InChI is InChI=1S/C21H21N5O3S/c1-4-12-10-16(18(28)11-17(12)27)26-19(20(30)22-23-26)14-6-5-7-15-13(14)8-9-25(15)21(29)24(2)3/h5-11,27-28,30H,4H2,1-3H3. The number of carbonyl (C=O) groups is 1. The molecule has 0 aliphatic heterocycles. The molecular formula is C21H21N5O3S. The summed E-state index contributed by atoms with van der Waals surface area (Å²) in [4.78, 5) is 14.0. The summed E-state index contributed by atoms with van der Waals surface area (Å²) in [5.41, 5.74) is 3.12. The Balaban J connectivity index is 1.96. The van der Waals surface area contributed by atoms with Crippen molar-refractivity contribution < 1.29 is 15.0 Å². The van der Waals surface area contributed by atoms with Crippen LogP contribution < -0.4 is 0 Å². The van der Waals surface area contributed by atoms with Crippen LogP contribution in [0.5, 0.6) is 11.5 Å². The lowest BCUT2D eigenvalue weighted by atomic mass is 10.1. The Morgan fingerprint density at radius 1 is 1.17 bits per heavy atom. The molecule has 0 atom stereocenters. The quantitative estimate of drug-likeness (QED) is 0.437. The summed E-state index contributed by atoms with van der Waals surface area (Å²) in [5.74, 6) is -0.107. The van der Waals surface area contributed by atoms with E-state index in [4.69, 9.17) is 0 Å². The largest absolute Gasteiger partial charge is 0.508 e. The maximum Gasteiger partial charge on any atom is 0.328 e. The van der Waals surface area contributed by atoms with E-state index in [2.05, 4.69) is 22.9 Å². The van der Waals surface area contributed by atoms with Gasteiger partial charge < -0.3 is 15.1 Å². The van der Waals surface area contributed by atoms with Crippen LogP contribution in [0.25, 0.3) is 27.8 Å². The fraction of sp³-hybridized carbons (Fsp3) is 0.190. The number of aryl methyl sites for hydroxylation is 1. The molecule has 30 heavy (non-hydrogen) atoms. The van der Waals surface area contributed by atoms with Gasteiger partial charge in [0.05, 0.1) is 5.52 Å². The average molecular weight is 423 g/mol. The van der Waals surface area contributed by atoms with Crippen LogP contribution in [0.2, 0.25) is 0 Å². The topological polar surface area (TPSA) is 96.4 Å². The van der Waals surface area contributed by atoms with Crippen LogP contribution in [0.1, 0.15) is 12.5 Å². The number of fused-ring (bicyclic) bond motifs is 1. The van der Waals surface area contributed by atoms with E-state index in [1.165, 1.54) is 15.6 Å². The van der Waals surface area contributed by atoms with Gasteiger partial charge in [0.15, 0.2) is 0 Å². The molecular weight excluding hydrogens is 402 g/mol. The van der Waals surface area contributed by atoms with Crippen LogP contribution in [0.3, 0.4) is 0 Å². The summed E-state index contributed by atoms with van der Waals surface area (Å²) < 4.78 is 3.06. The van der Waals surface area contributed by atoms with Crippen LogP contribution in [-0.4, -0.2) is 54.8 Å². The van der Waals surface area contributed by atoms with Crippen LogP contribution in [0, 0.1) is 0 Å². The first-order valence-corrected chi connectivity index (χ1v) is 9.80. The smallest absolute Gasteiger partial charge is 0.328 e. The van der Waals surface area contributed by atoms with Crippen LogP contribution in [0.15, 0.2) is 47.6 Å². The molecule has 8 nitrogen and oxygen atoms in total. The summed E-state index contributed by atoms with van der Waals surface area (Å²) >= 11 is 4.48. The zero-order chi connectivity index (χ0) is 21.6. The summed E-state index contributed by atoms with van der Waals surface area (Å²) in [6.07, 6.45) is 2.30. The first kappa shape index (κ1) is 19.8. The molecule has 0 spiro atoms. The highest BCUT2D eigenvalue weighted by atomic mass is 32.1. The number of benzene rings is 2. The molecule has 4 rings (SSSR count). The third-order valence-electron chi connectivity index (χ3n) is 5.01. The van der Waals surface area contributed by atoms with E-state index in [9.17, 15) is 15.0 Å². The van der Waals surface area contributed by atoms with Gasteiger partial charge in [-0.15, -0.1) is 17.7 Å². The van der Waals surface area contributed by atoms with Gasteiger partial charge in [0.1, 0.15) is 27.9 Å².